The lowest BCUT2D eigenvalue weighted by molar-refractivity contribution is -0.253. The SMILES string of the molecule is [2H]N(C(=O)CC(C)CCC=C(C)C)[C@H]1C(O)O[C@H](CO)[C@@H](O)[C@@H]1O. The third-order valence-corrected chi connectivity index (χ3v) is 3.90. The second-order valence-corrected chi connectivity index (χ2v) is 6.41. The largest absolute Gasteiger partial charge is 0.394 e. The fourth-order valence-corrected chi connectivity index (χ4v) is 2.50. The second-order valence-electron chi connectivity index (χ2n) is 6.41. The van der Waals surface area contributed by atoms with Gasteiger partial charge in [-0.05, 0) is 32.6 Å². The highest BCUT2D eigenvalue weighted by Crippen LogP contribution is 2.20. The molecular formula is C16H29NO6. The molecule has 0 aromatic rings. The molecule has 0 radical (unpaired) electrons. The Kier molecular flexibility index (Phi) is 7.45. The average molecular weight is 332 g/mol. The molecule has 1 rings (SSSR count). The highest BCUT2D eigenvalue weighted by Gasteiger charge is 2.44. The van der Waals surface area contributed by atoms with Gasteiger partial charge in [-0.3, -0.25) is 4.79 Å². The predicted octanol–water partition coefficient (Wildman–Crippen LogP) is -0.325. The van der Waals surface area contributed by atoms with Gasteiger partial charge in [0, 0.05) is 6.42 Å². The lowest BCUT2D eigenvalue weighted by Gasteiger charge is -2.40. The van der Waals surface area contributed by atoms with Crippen LogP contribution in [0.2, 0.25) is 1.41 Å². The van der Waals surface area contributed by atoms with Crippen LogP contribution >= 0.6 is 0 Å². The van der Waals surface area contributed by atoms with Crippen LogP contribution in [0.5, 0.6) is 0 Å². The first-order valence-electron chi connectivity index (χ1n) is 8.38. The summed E-state index contributed by atoms with van der Waals surface area (Å²) in [5, 5.41) is 39.3. The number of allylic oxidation sites excluding steroid dienone is 2. The van der Waals surface area contributed by atoms with Crippen LogP contribution in [0.25, 0.3) is 0 Å². The van der Waals surface area contributed by atoms with E-state index in [1.165, 1.54) is 5.57 Å². The molecule has 0 spiro atoms. The van der Waals surface area contributed by atoms with E-state index in [1.807, 2.05) is 20.8 Å². The fraction of sp³-hybridized carbons (Fsp3) is 0.812. The molecule has 0 bridgehead atoms. The molecule has 6 atom stereocenters. The topological polar surface area (TPSA) is 119 Å². The first kappa shape index (κ1) is 18.4. The summed E-state index contributed by atoms with van der Waals surface area (Å²) in [7, 11) is 0. The molecular weight excluding hydrogens is 302 g/mol. The van der Waals surface area contributed by atoms with Crippen LogP contribution in [-0.4, -0.2) is 63.6 Å². The number of aliphatic hydroxyl groups is 4. The van der Waals surface area contributed by atoms with E-state index < -0.39 is 43.2 Å². The molecule has 1 aliphatic heterocycles. The lowest BCUT2D eigenvalue weighted by atomic mass is 9.96. The number of hydrogen-bond acceptors (Lipinski definition) is 6. The quantitative estimate of drug-likeness (QED) is 0.408. The van der Waals surface area contributed by atoms with Gasteiger partial charge in [-0.1, -0.05) is 18.6 Å². The van der Waals surface area contributed by atoms with Gasteiger partial charge in [0.1, 0.15) is 24.4 Å². The Morgan fingerprint density at radius 3 is 2.57 bits per heavy atom. The maximum absolute atomic E-state index is 12.2. The molecule has 1 aliphatic rings. The summed E-state index contributed by atoms with van der Waals surface area (Å²) in [5.41, 5.74) is 1.20. The van der Waals surface area contributed by atoms with Crippen molar-refractivity contribution in [2.45, 2.75) is 70.7 Å². The maximum Gasteiger partial charge on any atom is 0.220 e. The molecule has 0 aromatic carbocycles. The Labute approximate surface area is 138 Å². The smallest absolute Gasteiger partial charge is 0.220 e. The minimum absolute atomic E-state index is 0.0369. The summed E-state index contributed by atoms with van der Waals surface area (Å²) in [6.45, 7) is 5.30. The molecule has 134 valence electrons. The summed E-state index contributed by atoms with van der Waals surface area (Å²) in [6, 6.07) is -1.40. The molecule has 0 saturated carbocycles. The zero-order valence-electron chi connectivity index (χ0n) is 14.9. The van der Waals surface area contributed by atoms with Crippen molar-refractivity contribution in [1.82, 2.24) is 5.31 Å². The maximum atomic E-state index is 12.2. The van der Waals surface area contributed by atoms with E-state index in [1.54, 1.807) is 0 Å². The van der Waals surface area contributed by atoms with Crippen molar-refractivity contribution >= 4 is 5.91 Å². The Bertz CT molecular complexity index is 442. The molecule has 0 aliphatic carbocycles. The van der Waals surface area contributed by atoms with Crippen LogP contribution in [0.3, 0.4) is 0 Å². The van der Waals surface area contributed by atoms with Crippen LogP contribution in [-0.2, 0) is 9.53 Å². The molecule has 5 N–H and O–H groups in total. The molecule has 0 aromatic heterocycles. The van der Waals surface area contributed by atoms with Gasteiger partial charge in [-0.15, -0.1) is 0 Å². The van der Waals surface area contributed by atoms with Crippen molar-refractivity contribution in [2.75, 3.05) is 6.61 Å². The summed E-state index contributed by atoms with van der Waals surface area (Å²) >= 11 is 0. The van der Waals surface area contributed by atoms with Gasteiger partial charge in [-0.25, -0.2) is 0 Å². The van der Waals surface area contributed by atoms with E-state index in [2.05, 4.69) is 6.08 Å². The van der Waals surface area contributed by atoms with E-state index in [4.69, 9.17) is 11.3 Å². The van der Waals surface area contributed by atoms with Crippen LogP contribution in [0.4, 0.5) is 0 Å². The van der Waals surface area contributed by atoms with E-state index in [0.717, 1.165) is 12.8 Å². The summed E-state index contributed by atoms with van der Waals surface area (Å²) < 4.78 is 12.9. The third kappa shape index (κ3) is 6.19. The molecule has 1 saturated heterocycles. The molecule has 1 amide bonds. The number of rotatable bonds is 7. The fourth-order valence-electron chi connectivity index (χ4n) is 2.50. The van der Waals surface area contributed by atoms with E-state index in [-0.39, 0.29) is 12.3 Å². The summed E-state index contributed by atoms with van der Waals surface area (Å²) in [6.07, 6.45) is -2.08. The van der Waals surface area contributed by atoms with Crippen LogP contribution in [0.15, 0.2) is 11.6 Å². The second kappa shape index (κ2) is 9.34. The first-order chi connectivity index (χ1) is 11.2. The van der Waals surface area contributed by atoms with Crippen molar-refractivity contribution in [1.29, 1.82) is 0 Å². The van der Waals surface area contributed by atoms with Gasteiger partial charge in [0.2, 0.25) is 5.91 Å². The number of aliphatic hydroxyl groups excluding tert-OH is 4. The Morgan fingerprint density at radius 2 is 2.00 bits per heavy atom. The molecule has 2 unspecified atom stereocenters. The average Bonchev–Trinajstić information content (AvgIpc) is 2.50. The molecule has 23 heavy (non-hydrogen) atoms. The number of carbonyl (C=O) groups is 1. The highest BCUT2D eigenvalue weighted by molar-refractivity contribution is 5.76. The minimum atomic E-state index is -1.65. The van der Waals surface area contributed by atoms with Gasteiger partial charge in [0.15, 0.2) is 7.70 Å². The molecule has 7 heteroatoms. The van der Waals surface area contributed by atoms with Crippen molar-refractivity contribution in [3.8, 4) is 0 Å². The van der Waals surface area contributed by atoms with Crippen LogP contribution < -0.4 is 5.31 Å². The van der Waals surface area contributed by atoms with Crippen molar-refractivity contribution in [2.24, 2.45) is 5.92 Å². The molecule has 1 heterocycles. The van der Waals surface area contributed by atoms with Gasteiger partial charge in [0.05, 0.1) is 6.61 Å². The van der Waals surface area contributed by atoms with E-state index >= 15 is 0 Å². The zero-order chi connectivity index (χ0) is 18.4. The van der Waals surface area contributed by atoms with Crippen molar-refractivity contribution in [3.05, 3.63) is 11.6 Å². The van der Waals surface area contributed by atoms with Gasteiger partial charge >= 0.3 is 0 Å². The zero-order valence-corrected chi connectivity index (χ0v) is 13.9. The van der Waals surface area contributed by atoms with Gasteiger partial charge in [0.25, 0.3) is 0 Å². The number of hydrogen-bond donors (Lipinski definition) is 5. The highest BCUT2D eigenvalue weighted by atomic mass is 16.6. The van der Waals surface area contributed by atoms with Gasteiger partial charge < -0.3 is 30.5 Å². The number of nitrogens with one attached hydrogen (secondary N) is 1. The standard InChI is InChI=1S/C16H29NO6/c1-9(2)5-4-6-10(3)7-12(19)17-13-15(21)14(20)11(8-18)23-16(13)22/h5,10-11,13-16,18,20-22H,4,6-8H2,1-3H3,(H,17,19)/t10?,11-,13-,14-,15-,16?/m1/s1/i/hD. The molecule has 7 nitrogen and oxygen atoms in total. The van der Waals surface area contributed by atoms with Crippen molar-refractivity contribution in [3.63, 3.8) is 0 Å². The van der Waals surface area contributed by atoms with Crippen molar-refractivity contribution < 1.29 is 31.4 Å². The number of carbonyl (C=O) groups excluding carboxylic acids is 1. The third-order valence-electron chi connectivity index (χ3n) is 3.90. The monoisotopic (exact) mass is 332 g/mol. The molecule has 1 fully saturated rings. The minimum Gasteiger partial charge on any atom is -0.394 e. The van der Waals surface area contributed by atoms with Crippen LogP contribution in [0.1, 0.15) is 40.0 Å². The Hall–Kier alpha value is -0.990. The number of ether oxygens (including phenoxy) is 1. The van der Waals surface area contributed by atoms with E-state index in [0.29, 0.717) is 5.31 Å². The summed E-state index contributed by atoms with van der Waals surface area (Å²) in [4.78, 5) is 12.2. The summed E-state index contributed by atoms with van der Waals surface area (Å²) in [5.74, 6) is -0.532. The number of amides is 1. The predicted molar refractivity (Wildman–Crippen MR) is 84.4 cm³/mol. The van der Waals surface area contributed by atoms with Gasteiger partial charge in [-0.2, -0.15) is 0 Å². The first-order valence-corrected chi connectivity index (χ1v) is 7.93. The lowest BCUT2D eigenvalue weighted by Crippen LogP contribution is -2.64. The Balaban J connectivity index is 2.62. The normalized spacial score (nSPS) is 32.8. The van der Waals surface area contributed by atoms with E-state index in [9.17, 15) is 20.1 Å². The Morgan fingerprint density at radius 1 is 1.35 bits per heavy atom. The van der Waals surface area contributed by atoms with Crippen LogP contribution in [0, 0.1) is 5.92 Å².